The topological polar surface area (TPSA) is 46.3 Å². The molecule has 0 saturated carbocycles. The van der Waals surface area contributed by atoms with E-state index in [1.54, 1.807) is 0 Å². The number of amides is 1. The Hall–Kier alpha value is -1.35. The van der Waals surface area contributed by atoms with Crippen LogP contribution < -0.4 is 5.73 Å². The van der Waals surface area contributed by atoms with Crippen LogP contribution in [0.15, 0.2) is 30.3 Å². The third-order valence-electron chi connectivity index (χ3n) is 3.93. The van der Waals surface area contributed by atoms with Gasteiger partial charge in [0, 0.05) is 19.0 Å². The number of rotatable bonds is 7. The fourth-order valence-corrected chi connectivity index (χ4v) is 2.36. The van der Waals surface area contributed by atoms with Gasteiger partial charge in [-0.05, 0) is 32.3 Å². The van der Waals surface area contributed by atoms with Gasteiger partial charge in [0.1, 0.15) is 0 Å². The maximum Gasteiger partial charge on any atom is 0.225 e. The summed E-state index contributed by atoms with van der Waals surface area (Å²) in [6, 6.07) is 10.5. The Bertz CT molecular complexity index is 403. The molecular formula is C17H28N2O. The summed E-state index contributed by atoms with van der Waals surface area (Å²) >= 11 is 0. The number of nitrogens with zero attached hydrogens (tertiary/aromatic N) is 1. The molecule has 1 amide bonds. The second-order valence-corrected chi connectivity index (χ2v) is 5.85. The summed E-state index contributed by atoms with van der Waals surface area (Å²) in [4.78, 5) is 14.3. The van der Waals surface area contributed by atoms with E-state index in [9.17, 15) is 4.79 Å². The van der Waals surface area contributed by atoms with E-state index in [1.807, 2.05) is 44.0 Å². The Kier molecular flexibility index (Phi) is 6.73. The maximum atomic E-state index is 12.4. The quantitative estimate of drug-likeness (QED) is 0.830. The second-order valence-electron chi connectivity index (χ2n) is 5.85. The molecule has 0 aliphatic rings. The third-order valence-corrected chi connectivity index (χ3v) is 3.93. The van der Waals surface area contributed by atoms with Gasteiger partial charge in [-0.3, -0.25) is 4.79 Å². The molecule has 20 heavy (non-hydrogen) atoms. The Labute approximate surface area is 123 Å². The van der Waals surface area contributed by atoms with E-state index < -0.39 is 0 Å². The van der Waals surface area contributed by atoms with E-state index >= 15 is 0 Å². The van der Waals surface area contributed by atoms with Crippen LogP contribution in [0.25, 0.3) is 0 Å². The second kappa shape index (κ2) is 8.05. The van der Waals surface area contributed by atoms with Gasteiger partial charge in [-0.2, -0.15) is 0 Å². The normalized spacial score (nSPS) is 15.4. The number of nitrogens with two attached hydrogens (primary N) is 1. The number of carbonyl (C=O) groups is 1. The zero-order chi connectivity index (χ0) is 15.1. The molecule has 0 heterocycles. The van der Waals surface area contributed by atoms with Gasteiger partial charge in [-0.25, -0.2) is 0 Å². The van der Waals surface area contributed by atoms with Crippen molar-refractivity contribution < 1.29 is 4.79 Å². The molecule has 2 N–H and O–H groups in total. The standard InChI is InChI=1S/C17H28N2O/c1-13(9-8-10-14(2)18)17(20)19(4)15(3)16-11-6-5-7-12-16/h5-7,11-15H,8-10,18H2,1-4H3. The Morgan fingerprint density at radius 1 is 1.15 bits per heavy atom. The van der Waals surface area contributed by atoms with Crippen molar-refractivity contribution in [3.63, 3.8) is 0 Å². The van der Waals surface area contributed by atoms with Crippen molar-refractivity contribution in [3.05, 3.63) is 35.9 Å². The van der Waals surface area contributed by atoms with Crippen LogP contribution in [0, 0.1) is 5.92 Å². The van der Waals surface area contributed by atoms with E-state index in [0.717, 1.165) is 19.3 Å². The molecule has 0 aliphatic carbocycles. The summed E-state index contributed by atoms with van der Waals surface area (Å²) in [5.74, 6) is 0.274. The number of hydrogen-bond acceptors (Lipinski definition) is 2. The van der Waals surface area contributed by atoms with Crippen molar-refractivity contribution in [1.82, 2.24) is 4.90 Å². The summed E-state index contributed by atoms with van der Waals surface area (Å²) in [6.07, 6.45) is 2.90. The molecule has 0 aromatic heterocycles. The molecule has 1 aromatic carbocycles. The van der Waals surface area contributed by atoms with Crippen LogP contribution in [-0.4, -0.2) is 23.9 Å². The zero-order valence-electron chi connectivity index (χ0n) is 13.2. The molecule has 112 valence electrons. The molecule has 0 saturated heterocycles. The SMILES string of the molecule is CC(N)CCCC(C)C(=O)N(C)C(C)c1ccccc1. The molecule has 0 radical (unpaired) electrons. The van der Waals surface area contributed by atoms with Crippen LogP contribution in [0.2, 0.25) is 0 Å². The molecule has 1 aromatic rings. The van der Waals surface area contributed by atoms with Gasteiger partial charge in [0.15, 0.2) is 0 Å². The van der Waals surface area contributed by atoms with E-state index in [1.165, 1.54) is 5.56 Å². The minimum atomic E-state index is 0.0601. The van der Waals surface area contributed by atoms with E-state index in [4.69, 9.17) is 5.73 Å². The molecule has 3 nitrogen and oxygen atoms in total. The molecule has 3 unspecified atom stereocenters. The van der Waals surface area contributed by atoms with Crippen LogP contribution in [0.4, 0.5) is 0 Å². The lowest BCUT2D eigenvalue weighted by Crippen LogP contribution is -2.34. The van der Waals surface area contributed by atoms with Crippen molar-refractivity contribution in [2.24, 2.45) is 11.7 Å². The van der Waals surface area contributed by atoms with Crippen molar-refractivity contribution in [1.29, 1.82) is 0 Å². The average Bonchev–Trinajstić information content (AvgIpc) is 2.45. The van der Waals surface area contributed by atoms with Crippen LogP contribution in [0.3, 0.4) is 0 Å². The molecule has 0 bridgehead atoms. The highest BCUT2D eigenvalue weighted by atomic mass is 16.2. The summed E-state index contributed by atoms with van der Waals surface area (Å²) in [7, 11) is 1.89. The van der Waals surface area contributed by atoms with Crippen molar-refractivity contribution in [2.45, 2.75) is 52.1 Å². The first kappa shape index (κ1) is 16.7. The molecule has 1 rings (SSSR count). The Morgan fingerprint density at radius 2 is 1.75 bits per heavy atom. The number of carbonyl (C=O) groups excluding carboxylic acids is 1. The van der Waals surface area contributed by atoms with Crippen molar-refractivity contribution in [2.75, 3.05) is 7.05 Å². The number of hydrogen-bond donors (Lipinski definition) is 1. The average molecular weight is 276 g/mol. The first-order valence-corrected chi connectivity index (χ1v) is 7.50. The van der Waals surface area contributed by atoms with Crippen LogP contribution in [0.5, 0.6) is 0 Å². The van der Waals surface area contributed by atoms with E-state index in [0.29, 0.717) is 0 Å². The van der Waals surface area contributed by atoms with Gasteiger partial charge in [-0.1, -0.05) is 43.7 Å². The molecule has 0 fully saturated rings. The Morgan fingerprint density at radius 3 is 2.30 bits per heavy atom. The van der Waals surface area contributed by atoms with Crippen molar-refractivity contribution in [3.8, 4) is 0 Å². The molecule has 3 atom stereocenters. The van der Waals surface area contributed by atoms with Crippen molar-refractivity contribution >= 4 is 5.91 Å². The van der Waals surface area contributed by atoms with Gasteiger partial charge in [0.2, 0.25) is 5.91 Å². The summed E-state index contributed by atoms with van der Waals surface area (Å²) < 4.78 is 0. The van der Waals surface area contributed by atoms with Gasteiger partial charge in [-0.15, -0.1) is 0 Å². The first-order chi connectivity index (χ1) is 9.43. The van der Waals surface area contributed by atoms with Gasteiger partial charge >= 0.3 is 0 Å². The van der Waals surface area contributed by atoms with Crippen LogP contribution in [-0.2, 0) is 4.79 Å². The van der Waals surface area contributed by atoms with Gasteiger partial charge < -0.3 is 10.6 Å². The first-order valence-electron chi connectivity index (χ1n) is 7.50. The lowest BCUT2D eigenvalue weighted by Gasteiger charge is -2.28. The summed E-state index contributed by atoms with van der Waals surface area (Å²) in [6.45, 7) is 6.09. The minimum absolute atomic E-state index is 0.0601. The predicted octanol–water partition coefficient (Wildman–Crippen LogP) is 3.36. The number of benzene rings is 1. The van der Waals surface area contributed by atoms with Crippen LogP contribution >= 0.6 is 0 Å². The lowest BCUT2D eigenvalue weighted by molar-refractivity contribution is -0.135. The molecular weight excluding hydrogens is 248 g/mol. The molecule has 3 heteroatoms. The third kappa shape index (κ3) is 4.97. The summed E-state index contributed by atoms with van der Waals surface area (Å²) in [5, 5.41) is 0. The predicted molar refractivity (Wildman–Crippen MR) is 84.3 cm³/mol. The maximum absolute atomic E-state index is 12.4. The molecule has 0 spiro atoms. The fourth-order valence-electron chi connectivity index (χ4n) is 2.36. The zero-order valence-corrected chi connectivity index (χ0v) is 13.2. The highest BCUT2D eigenvalue weighted by molar-refractivity contribution is 5.78. The fraction of sp³-hybridized carbons (Fsp3) is 0.588. The Balaban J connectivity index is 2.53. The highest BCUT2D eigenvalue weighted by Gasteiger charge is 2.22. The lowest BCUT2D eigenvalue weighted by atomic mass is 9.99. The van der Waals surface area contributed by atoms with Gasteiger partial charge in [0.25, 0.3) is 0 Å². The van der Waals surface area contributed by atoms with Gasteiger partial charge in [0.05, 0.1) is 6.04 Å². The van der Waals surface area contributed by atoms with E-state index in [2.05, 4.69) is 19.1 Å². The minimum Gasteiger partial charge on any atom is -0.339 e. The molecule has 0 aliphatic heterocycles. The monoisotopic (exact) mass is 276 g/mol. The van der Waals surface area contributed by atoms with E-state index in [-0.39, 0.29) is 23.9 Å². The largest absolute Gasteiger partial charge is 0.339 e. The highest BCUT2D eigenvalue weighted by Crippen LogP contribution is 2.21. The summed E-state index contributed by atoms with van der Waals surface area (Å²) in [5.41, 5.74) is 6.92. The smallest absolute Gasteiger partial charge is 0.225 e. The van der Waals surface area contributed by atoms with Crippen LogP contribution in [0.1, 0.15) is 51.6 Å².